The summed E-state index contributed by atoms with van der Waals surface area (Å²) in [5.41, 5.74) is 7.41. The number of likely N-dealkylation sites (tertiary alicyclic amines) is 1. The lowest BCUT2D eigenvalue weighted by molar-refractivity contribution is -0.134. The zero-order valence-corrected chi connectivity index (χ0v) is 17.2. The first kappa shape index (κ1) is 24.2. The van der Waals surface area contributed by atoms with Crippen LogP contribution in [-0.2, 0) is 11.3 Å². The predicted molar refractivity (Wildman–Crippen MR) is 109 cm³/mol. The van der Waals surface area contributed by atoms with Gasteiger partial charge in [0.2, 0.25) is 5.91 Å². The number of hydrogen-bond donors (Lipinski definition) is 1. The van der Waals surface area contributed by atoms with E-state index in [4.69, 9.17) is 5.73 Å². The standard InChI is InChI=1S/C19H31N3O.2ClH/c1-15(2)13-18(20)19(23)21(3)17-9-11-22(12-10-17)14-16-7-5-4-6-8-16;;/h4-8,15,17-18H,9-14,20H2,1-3H3;2*1H/t18-;;/m0../s1. The highest BCUT2D eigenvalue weighted by Gasteiger charge is 2.28. The van der Waals surface area contributed by atoms with E-state index >= 15 is 0 Å². The molecule has 1 amide bonds. The normalized spacial score (nSPS) is 16.7. The van der Waals surface area contributed by atoms with Gasteiger partial charge in [0.1, 0.15) is 0 Å². The Bertz CT molecular complexity index is 491. The maximum atomic E-state index is 12.4. The Labute approximate surface area is 164 Å². The summed E-state index contributed by atoms with van der Waals surface area (Å²) in [7, 11) is 1.92. The van der Waals surface area contributed by atoms with Crippen molar-refractivity contribution in [2.45, 2.75) is 51.7 Å². The zero-order valence-electron chi connectivity index (χ0n) is 15.6. The van der Waals surface area contributed by atoms with E-state index in [1.165, 1.54) is 5.56 Å². The van der Waals surface area contributed by atoms with Gasteiger partial charge in [-0.1, -0.05) is 44.2 Å². The van der Waals surface area contributed by atoms with Crippen molar-refractivity contribution in [3.05, 3.63) is 35.9 Å². The Hall–Kier alpha value is -0.810. The van der Waals surface area contributed by atoms with E-state index in [0.29, 0.717) is 12.0 Å². The molecule has 25 heavy (non-hydrogen) atoms. The quantitative estimate of drug-likeness (QED) is 0.811. The van der Waals surface area contributed by atoms with Crippen LogP contribution in [0.25, 0.3) is 0 Å². The Kier molecular flexibility index (Phi) is 11.4. The summed E-state index contributed by atoms with van der Waals surface area (Å²) < 4.78 is 0. The van der Waals surface area contributed by atoms with E-state index in [1.54, 1.807) is 0 Å². The number of nitrogens with two attached hydrogens (primary N) is 1. The van der Waals surface area contributed by atoms with Crippen molar-refractivity contribution in [3.63, 3.8) is 0 Å². The van der Waals surface area contributed by atoms with Gasteiger partial charge in [0.05, 0.1) is 6.04 Å². The molecule has 0 aromatic heterocycles. The molecule has 0 radical (unpaired) electrons. The van der Waals surface area contributed by atoms with Crippen molar-refractivity contribution in [2.24, 2.45) is 11.7 Å². The average Bonchev–Trinajstić information content (AvgIpc) is 2.54. The molecule has 0 saturated carbocycles. The summed E-state index contributed by atoms with van der Waals surface area (Å²) in [4.78, 5) is 16.8. The van der Waals surface area contributed by atoms with Crippen LogP contribution in [0, 0.1) is 5.92 Å². The monoisotopic (exact) mass is 389 g/mol. The highest BCUT2D eigenvalue weighted by molar-refractivity contribution is 5.85. The van der Waals surface area contributed by atoms with Gasteiger partial charge in [-0.05, 0) is 30.7 Å². The number of rotatable bonds is 6. The number of carbonyl (C=O) groups excluding carboxylic acids is 1. The van der Waals surface area contributed by atoms with Crippen molar-refractivity contribution in [3.8, 4) is 0 Å². The highest BCUT2D eigenvalue weighted by atomic mass is 35.5. The lowest BCUT2D eigenvalue weighted by Crippen LogP contribution is -2.50. The molecule has 1 saturated heterocycles. The fourth-order valence-corrected chi connectivity index (χ4v) is 3.36. The molecule has 144 valence electrons. The van der Waals surface area contributed by atoms with Gasteiger partial charge in [-0.15, -0.1) is 24.8 Å². The van der Waals surface area contributed by atoms with Gasteiger partial charge in [-0.3, -0.25) is 9.69 Å². The molecule has 1 aliphatic rings. The lowest BCUT2D eigenvalue weighted by Gasteiger charge is -2.37. The number of benzene rings is 1. The molecular weight excluding hydrogens is 357 g/mol. The van der Waals surface area contributed by atoms with Crippen molar-refractivity contribution in [1.82, 2.24) is 9.80 Å². The second-order valence-corrected chi connectivity index (χ2v) is 7.18. The molecule has 6 heteroatoms. The summed E-state index contributed by atoms with van der Waals surface area (Å²) >= 11 is 0. The number of halogens is 2. The summed E-state index contributed by atoms with van der Waals surface area (Å²) in [6.45, 7) is 7.29. The third-order valence-corrected chi connectivity index (χ3v) is 4.74. The molecule has 0 bridgehead atoms. The predicted octanol–water partition coefficient (Wildman–Crippen LogP) is 3.33. The van der Waals surface area contributed by atoms with Crippen molar-refractivity contribution >= 4 is 30.7 Å². The topological polar surface area (TPSA) is 49.6 Å². The molecule has 0 aliphatic carbocycles. The molecule has 2 rings (SSSR count). The lowest BCUT2D eigenvalue weighted by atomic mass is 9.99. The fourth-order valence-electron chi connectivity index (χ4n) is 3.36. The van der Waals surface area contributed by atoms with Gasteiger partial charge in [0, 0.05) is 32.7 Å². The van der Waals surface area contributed by atoms with E-state index in [1.807, 2.05) is 11.9 Å². The third-order valence-electron chi connectivity index (χ3n) is 4.74. The van der Waals surface area contributed by atoms with Gasteiger partial charge in [-0.25, -0.2) is 0 Å². The number of hydrogen-bond acceptors (Lipinski definition) is 3. The maximum Gasteiger partial charge on any atom is 0.239 e. The first-order chi connectivity index (χ1) is 11.0. The largest absolute Gasteiger partial charge is 0.341 e. The van der Waals surface area contributed by atoms with E-state index in [-0.39, 0.29) is 36.8 Å². The molecular formula is C19H33Cl2N3O. The maximum absolute atomic E-state index is 12.4. The molecule has 1 aliphatic heterocycles. The van der Waals surface area contributed by atoms with Gasteiger partial charge in [0.25, 0.3) is 0 Å². The van der Waals surface area contributed by atoms with Crippen molar-refractivity contribution < 1.29 is 4.79 Å². The van der Waals surface area contributed by atoms with E-state index in [9.17, 15) is 4.79 Å². The van der Waals surface area contributed by atoms with Crippen LogP contribution in [0.4, 0.5) is 0 Å². The van der Waals surface area contributed by atoms with Gasteiger partial charge >= 0.3 is 0 Å². The minimum atomic E-state index is -0.359. The SMILES string of the molecule is CC(C)C[C@H](N)C(=O)N(C)C1CCN(Cc2ccccc2)CC1.Cl.Cl. The second-order valence-electron chi connectivity index (χ2n) is 7.18. The Balaban J connectivity index is 0.00000288. The van der Waals surface area contributed by atoms with Crippen molar-refractivity contribution in [1.29, 1.82) is 0 Å². The molecule has 0 unspecified atom stereocenters. The second kappa shape index (κ2) is 11.7. The molecule has 4 nitrogen and oxygen atoms in total. The van der Waals surface area contributed by atoms with Crippen LogP contribution in [0.1, 0.15) is 38.7 Å². The third kappa shape index (κ3) is 7.53. The molecule has 1 aromatic rings. The highest BCUT2D eigenvalue weighted by Crippen LogP contribution is 2.19. The smallest absolute Gasteiger partial charge is 0.239 e. The summed E-state index contributed by atoms with van der Waals surface area (Å²) in [5, 5.41) is 0. The zero-order chi connectivity index (χ0) is 16.8. The van der Waals surface area contributed by atoms with Crippen LogP contribution >= 0.6 is 24.8 Å². The number of nitrogens with zero attached hydrogens (tertiary/aromatic N) is 2. The first-order valence-electron chi connectivity index (χ1n) is 8.76. The van der Waals surface area contributed by atoms with E-state index < -0.39 is 0 Å². The van der Waals surface area contributed by atoms with Gasteiger partial charge < -0.3 is 10.6 Å². The number of amides is 1. The van der Waals surface area contributed by atoms with Crippen LogP contribution < -0.4 is 5.73 Å². The summed E-state index contributed by atoms with van der Waals surface area (Å²) in [6.07, 6.45) is 2.82. The molecule has 1 fully saturated rings. The minimum absolute atomic E-state index is 0. The van der Waals surface area contributed by atoms with E-state index in [0.717, 1.165) is 38.9 Å². The van der Waals surface area contributed by atoms with Crippen LogP contribution in [0.5, 0.6) is 0 Å². The van der Waals surface area contributed by atoms with Crippen LogP contribution in [0.2, 0.25) is 0 Å². The summed E-state index contributed by atoms with van der Waals surface area (Å²) in [6, 6.07) is 10.5. The summed E-state index contributed by atoms with van der Waals surface area (Å²) in [5.74, 6) is 0.551. The van der Waals surface area contributed by atoms with Gasteiger partial charge in [0.15, 0.2) is 0 Å². The Morgan fingerprint density at radius 2 is 1.76 bits per heavy atom. The number of carbonyl (C=O) groups is 1. The molecule has 0 spiro atoms. The molecule has 1 aromatic carbocycles. The molecule has 2 N–H and O–H groups in total. The van der Waals surface area contributed by atoms with Crippen LogP contribution in [-0.4, -0.2) is 47.9 Å². The minimum Gasteiger partial charge on any atom is -0.341 e. The fraction of sp³-hybridized carbons (Fsp3) is 0.632. The number of piperidine rings is 1. The average molecular weight is 390 g/mol. The first-order valence-corrected chi connectivity index (χ1v) is 8.76. The Morgan fingerprint density at radius 1 is 1.20 bits per heavy atom. The van der Waals surface area contributed by atoms with Gasteiger partial charge in [-0.2, -0.15) is 0 Å². The van der Waals surface area contributed by atoms with Crippen LogP contribution in [0.15, 0.2) is 30.3 Å². The van der Waals surface area contributed by atoms with E-state index in [2.05, 4.69) is 49.1 Å². The van der Waals surface area contributed by atoms with Crippen LogP contribution in [0.3, 0.4) is 0 Å². The number of likely N-dealkylation sites (N-methyl/N-ethyl adjacent to an activating group) is 1. The molecule has 1 heterocycles. The molecule has 1 atom stereocenters. The Morgan fingerprint density at radius 3 is 2.28 bits per heavy atom. The van der Waals surface area contributed by atoms with Crippen molar-refractivity contribution in [2.75, 3.05) is 20.1 Å².